The zero-order chi connectivity index (χ0) is 13.5. The van der Waals surface area contributed by atoms with Crippen LogP contribution in [0.4, 0.5) is 0 Å². The first kappa shape index (κ1) is 13.3. The van der Waals surface area contributed by atoms with Gasteiger partial charge >= 0.3 is 0 Å². The number of nitrogens with two attached hydrogens (primary N) is 1. The van der Waals surface area contributed by atoms with Gasteiger partial charge in [-0.25, -0.2) is 4.98 Å². The number of unbranched alkanes of at least 4 members (excludes halogenated alkanes) is 2. The third-order valence-electron chi connectivity index (χ3n) is 3.05. The maximum atomic E-state index is 8.89. The number of H-pyrrole nitrogens is 1. The quantitative estimate of drug-likeness (QED) is 0.778. The van der Waals surface area contributed by atoms with Gasteiger partial charge in [-0.3, -0.25) is 0 Å². The highest BCUT2D eigenvalue weighted by atomic mass is 14.9. The summed E-state index contributed by atoms with van der Waals surface area (Å²) in [6.45, 7) is 0.754. The molecular weight excluding hydrogens is 236 g/mol. The molecule has 3 N–H and O–H groups in total. The molecular formula is C15H18N4. The molecule has 0 unspecified atom stereocenters. The molecule has 98 valence electrons. The molecule has 19 heavy (non-hydrogen) atoms. The molecule has 0 saturated carbocycles. The topological polar surface area (TPSA) is 78.5 Å². The van der Waals surface area contributed by atoms with Gasteiger partial charge in [0, 0.05) is 12.0 Å². The predicted molar refractivity (Wildman–Crippen MR) is 75.3 cm³/mol. The summed E-state index contributed by atoms with van der Waals surface area (Å²) < 4.78 is 0. The molecule has 0 saturated heterocycles. The van der Waals surface area contributed by atoms with Crippen molar-refractivity contribution in [2.75, 3.05) is 6.54 Å². The molecule has 0 aliphatic rings. The van der Waals surface area contributed by atoms with Crippen molar-refractivity contribution in [3.63, 3.8) is 0 Å². The van der Waals surface area contributed by atoms with Crippen LogP contribution >= 0.6 is 0 Å². The van der Waals surface area contributed by atoms with E-state index in [1.807, 2.05) is 24.4 Å². The van der Waals surface area contributed by atoms with E-state index in [9.17, 15) is 0 Å². The van der Waals surface area contributed by atoms with E-state index in [0.717, 1.165) is 49.3 Å². The van der Waals surface area contributed by atoms with Crippen molar-refractivity contribution in [3.05, 3.63) is 41.9 Å². The van der Waals surface area contributed by atoms with Crippen LogP contribution in [0.25, 0.3) is 11.3 Å². The smallest absolute Gasteiger partial charge is 0.106 e. The molecule has 1 aromatic carbocycles. The van der Waals surface area contributed by atoms with Gasteiger partial charge in [-0.1, -0.05) is 18.6 Å². The lowest BCUT2D eigenvalue weighted by Gasteiger charge is -1.99. The second kappa shape index (κ2) is 6.72. The number of imidazole rings is 1. The van der Waals surface area contributed by atoms with Crippen molar-refractivity contribution in [3.8, 4) is 17.3 Å². The minimum absolute atomic E-state index is 0.664. The monoisotopic (exact) mass is 254 g/mol. The normalized spacial score (nSPS) is 10.3. The lowest BCUT2D eigenvalue weighted by molar-refractivity contribution is 0.673. The number of rotatable bonds is 6. The Balaban J connectivity index is 2.02. The van der Waals surface area contributed by atoms with E-state index in [4.69, 9.17) is 11.0 Å². The van der Waals surface area contributed by atoms with Crippen LogP contribution in [-0.2, 0) is 6.42 Å². The van der Waals surface area contributed by atoms with E-state index in [1.165, 1.54) is 0 Å². The maximum Gasteiger partial charge on any atom is 0.106 e. The average molecular weight is 254 g/mol. The molecule has 0 amide bonds. The summed E-state index contributed by atoms with van der Waals surface area (Å²) >= 11 is 0. The van der Waals surface area contributed by atoms with Crippen LogP contribution < -0.4 is 5.73 Å². The SMILES string of the molecule is N#Cc1cccc(-c2cnc(CCCCCN)[nH]2)c1. The van der Waals surface area contributed by atoms with Crippen molar-refractivity contribution in [2.45, 2.75) is 25.7 Å². The highest BCUT2D eigenvalue weighted by Crippen LogP contribution is 2.18. The number of nitrogens with zero attached hydrogens (tertiary/aromatic N) is 2. The van der Waals surface area contributed by atoms with Crippen LogP contribution in [0, 0.1) is 11.3 Å². The Morgan fingerprint density at radius 3 is 2.95 bits per heavy atom. The zero-order valence-corrected chi connectivity index (χ0v) is 10.9. The summed E-state index contributed by atoms with van der Waals surface area (Å²) in [5.74, 6) is 0.995. The van der Waals surface area contributed by atoms with Gasteiger partial charge in [-0.2, -0.15) is 5.26 Å². The molecule has 4 heteroatoms. The van der Waals surface area contributed by atoms with Crippen molar-refractivity contribution < 1.29 is 0 Å². The summed E-state index contributed by atoms with van der Waals surface area (Å²) in [4.78, 5) is 7.68. The first-order valence-electron chi connectivity index (χ1n) is 6.58. The summed E-state index contributed by atoms with van der Waals surface area (Å²) in [7, 11) is 0. The first-order valence-corrected chi connectivity index (χ1v) is 6.58. The number of hydrogen-bond donors (Lipinski definition) is 2. The Kier molecular flexibility index (Phi) is 4.71. The minimum Gasteiger partial charge on any atom is -0.342 e. The lowest BCUT2D eigenvalue weighted by Crippen LogP contribution is -1.98. The van der Waals surface area contributed by atoms with Crippen LogP contribution in [0.2, 0.25) is 0 Å². The van der Waals surface area contributed by atoms with E-state index < -0.39 is 0 Å². The standard InChI is InChI=1S/C15H18N4/c16-8-3-1-2-7-15-18-11-14(19-15)13-6-4-5-12(9-13)10-17/h4-6,9,11H,1-3,7-8,16H2,(H,18,19). The van der Waals surface area contributed by atoms with Crippen LogP contribution in [-0.4, -0.2) is 16.5 Å². The molecule has 0 atom stereocenters. The Morgan fingerprint density at radius 2 is 2.16 bits per heavy atom. The Morgan fingerprint density at radius 1 is 1.26 bits per heavy atom. The number of aryl methyl sites for hydroxylation is 1. The van der Waals surface area contributed by atoms with Gasteiger partial charge < -0.3 is 10.7 Å². The third kappa shape index (κ3) is 3.67. The molecule has 2 rings (SSSR count). The number of aromatic nitrogens is 2. The molecule has 2 aromatic rings. The van der Waals surface area contributed by atoms with Crippen LogP contribution in [0.5, 0.6) is 0 Å². The predicted octanol–water partition coefficient (Wildman–Crippen LogP) is 2.62. The van der Waals surface area contributed by atoms with Gasteiger partial charge in [0.15, 0.2) is 0 Å². The van der Waals surface area contributed by atoms with Crippen molar-refractivity contribution in [2.24, 2.45) is 5.73 Å². The molecule has 0 spiro atoms. The summed E-state index contributed by atoms with van der Waals surface area (Å²) in [6.07, 6.45) is 6.07. The summed E-state index contributed by atoms with van der Waals surface area (Å²) in [5, 5.41) is 8.89. The number of nitrogens with one attached hydrogen (secondary N) is 1. The van der Waals surface area contributed by atoms with Crippen molar-refractivity contribution in [1.82, 2.24) is 9.97 Å². The Hall–Kier alpha value is -2.12. The van der Waals surface area contributed by atoms with E-state index in [2.05, 4.69) is 16.0 Å². The maximum absolute atomic E-state index is 8.89. The zero-order valence-electron chi connectivity index (χ0n) is 10.9. The van der Waals surface area contributed by atoms with Gasteiger partial charge in [0.1, 0.15) is 5.82 Å². The third-order valence-corrected chi connectivity index (χ3v) is 3.05. The fraction of sp³-hybridized carbons (Fsp3) is 0.333. The molecule has 4 nitrogen and oxygen atoms in total. The average Bonchev–Trinajstić information content (AvgIpc) is 2.92. The van der Waals surface area contributed by atoms with Crippen LogP contribution in [0.3, 0.4) is 0 Å². The second-order valence-corrected chi connectivity index (χ2v) is 4.54. The molecule has 0 fully saturated rings. The molecule has 1 heterocycles. The Bertz CT molecular complexity index is 566. The fourth-order valence-electron chi connectivity index (χ4n) is 2.01. The highest BCUT2D eigenvalue weighted by molar-refractivity contribution is 5.60. The van der Waals surface area contributed by atoms with Gasteiger partial charge in [-0.05, 0) is 31.5 Å². The van der Waals surface area contributed by atoms with Gasteiger partial charge in [0.25, 0.3) is 0 Å². The van der Waals surface area contributed by atoms with Crippen molar-refractivity contribution >= 4 is 0 Å². The van der Waals surface area contributed by atoms with Gasteiger partial charge in [0.05, 0.1) is 23.5 Å². The van der Waals surface area contributed by atoms with Gasteiger partial charge in [-0.15, -0.1) is 0 Å². The van der Waals surface area contributed by atoms with E-state index in [0.29, 0.717) is 5.56 Å². The Labute approximate surface area is 113 Å². The van der Waals surface area contributed by atoms with E-state index in [1.54, 1.807) is 6.07 Å². The van der Waals surface area contributed by atoms with E-state index >= 15 is 0 Å². The number of hydrogen-bond acceptors (Lipinski definition) is 3. The lowest BCUT2D eigenvalue weighted by atomic mass is 10.1. The molecule has 1 aromatic heterocycles. The van der Waals surface area contributed by atoms with Gasteiger partial charge in [0.2, 0.25) is 0 Å². The summed E-state index contributed by atoms with van der Waals surface area (Å²) in [6, 6.07) is 9.68. The highest BCUT2D eigenvalue weighted by Gasteiger charge is 2.04. The van der Waals surface area contributed by atoms with Crippen molar-refractivity contribution in [1.29, 1.82) is 5.26 Å². The second-order valence-electron chi connectivity index (χ2n) is 4.54. The molecule has 0 aliphatic carbocycles. The summed E-state index contributed by atoms with van der Waals surface area (Å²) in [5.41, 5.74) is 8.09. The number of aromatic amines is 1. The molecule has 0 radical (unpaired) electrons. The minimum atomic E-state index is 0.664. The first-order chi connectivity index (χ1) is 9.33. The fourth-order valence-corrected chi connectivity index (χ4v) is 2.01. The largest absolute Gasteiger partial charge is 0.342 e. The molecule has 0 aliphatic heterocycles. The number of benzene rings is 1. The van der Waals surface area contributed by atoms with Crippen LogP contribution in [0.1, 0.15) is 30.7 Å². The van der Waals surface area contributed by atoms with Crippen LogP contribution in [0.15, 0.2) is 30.5 Å². The molecule has 0 bridgehead atoms. The van der Waals surface area contributed by atoms with E-state index in [-0.39, 0.29) is 0 Å². The number of nitriles is 1.